The van der Waals surface area contributed by atoms with Crippen LogP contribution in [-0.4, -0.2) is 55.6 Å². The van der Waals surface area contributed by atoms with E-state index in [4.69, 9.17) is 15.2 Å². The number of rotatable bonds is 7. The predicted molar refractivity (Wildman–Crippen MR) is 112 cm³/mol. The third-order valence-corrected chi connectivity index (χ3v) is 6.53. The van der Waals surface area contributed by atoms with Crippen LogP contribution in [0, 0.1) is 0 Å². The van der Waals surface area contributed by atoms with E-state index in [1.807, 2.05) is 18.4 Å². The van der Waals surface area contributed by atoms with Gasteiger partial charge in [0.25, 0.3) is 5.56 Å². The molecule has 1 fully saturated rings. The first-order valence-electron chi connectivity index (χ1n) is 8.96. The zero-order chi connectivity index (χ0) is 20.4. The molecule has 3 atom stereocenters. The van der Waals surface area contributed by atoms with Gasteiger partial charge in [-0.2, -0.15) is 4.98 Å². The molecule has 3 heterocycles. The van der Waals surface area contributed by atoms with Gasteiger partial charge in [0.15, 0.2) is 11.2 Å². The number of imidazole rings is 1. The van der Waals surface area contributed by atoms with E-state index in [0.717, 1.165) is 4.90 Å². The van der Waals surface area contributed by atoms with E-state index in [-0.39, 0.29) is 24.2 Å². The van der Waals surface area contributed by atoms with Crippen molar-refractivity contribution < 1.29 is 14.6 Å². The second-order valence-corrected chi connectivity index (χ2v) is 8.25. The quantitative estimate of drug-likeness (QED) is 0.376. The van der Waals surface area contributed by atoms with Gasteiger partial charge in [0.05, 0.1) is 25.0 Å². The lowest BCUT2D eigenvalue weighted by molar-refractivity contribution is -0.0533. The van der Waals surface area contributed by atoms with Crippen LogP contribution in [0.25, 0.3) is 11.2 Å². The Hall–Kier alpha value is -2.05. The molecule has 0 radical (unpaired) electrons. The highest BCUT2D eigenvalue weighted by Crippen LogP contribution is 2.34. The fraction of sp³-hybridized carbons (Fsp3) is 0.389. The predicted octanol–water partition coefficient (Wildman–Crippen LogP) is 1.84. The number of hydrogen-bond acceptors (Lipinski definition) is 9. The Bertz CT molecular complexity index is 1060. The normalized spacial score (nSPS) is 21.8. The number of benzene rings is 1. The van der Waals surface area contributed by atoms with E-state index in [0.29, 0.717) is 18.0 Å². The number of thioether (sulfide) groups is 2. The van der Waals surface area contributed by atoms with E-state index < -0.39 is 17.9 Å². The van der Waals surface area contributed by atoms with Crippen LogP contribution in [0.5, 0.6) is 0 Å². The summed E-state index contributed by atoms with van der Waals surface area (Å²) >= 11 is 3.29. The summed E-state index contributed by atoms with van der Waals surface area (Å²) in [7, 11) is 0. The highest BCUT2D eigenvalue weighted by molar-refractivity contribution is 8.01. The van der Waals surface area contributed by atoms with Crippen molar-refractivity contribution in [2.75, 3.05) is 24.5 Å². The van der Waals surface area contributed by atoms with Crippen LogP contribution in [0.15, 0.2) is 45.2 Å². The average Bonchev–Trinajstić information content (AvgIpc) is 3.32. The average molecular weight is 436 g/mol. The van der Waals surface area contributed by atoms with Crippen LogP contribution in [0.2, 0.25) is 0 Å². The zero-order valence-electron chi connectivity index (χ0n) is 15.6. The molecule has 0 spiro atoms. The van der Waals surface area contributed by atoms with Crippen LogP contribution < -0.4 is 11.3 Å². The molecule has 1 saturated heterocycles. The lowest BCUT2D eigenvalue weighted by Crippen LogP contribution is -2.27. The third-order valence-electron chi connectivity index (χ3n) is 4.69. The van der Waals surface area contributed by atoms with Crippen LogP contribution in [0.4, 0.5) is 5.95 Å². The Morgan fingerprint density at radius 1 is 1.41 bits per heavy atom. The van der Waals surface area contributed by atoms with Crippen LogP contribution in [-0.2, 0) is 9.47 Å². The van der Waals surface area contributed by atoms with Crippen molar-refractivity contribution in [1.82, 2.24) is 19.5 Å². The number of nitrogen functional groups attached to an aromatic ring is 1. The maximum atomic E-state index is 12.0. The first kappa shape index (κ1) is 20.2. The minimum Gasteiger partial charge on any atom is -0.394 e. The Kier molecular flexibility index (Phi) is 6.11. The Labute approximate surface area is 175 Å². The molecule has 0 aliphatic carbocycles. The number of fused-ring (bicyclic) bond motifs is 1. The standard InChI is InChI=1S/C18H21N5O4S2/c1-28-12-4-2-3-5-13(12)29-9-26-10-6-14(27-11(10)7-24)23-8-20-15-16(23)21-18(19)22-17(15)25/h2-5,8,10-11,14,24H,6-7,9H2,1H3,(H3,19,21,22,25)/t10-,11+,14+/m0/s1. The van der Waals surface area contributed by atoms with Gasteiger partial charge >= 0.3 is 0 Å². The molecule has 1 aliphatic heterocycles. The molecular weight excluding hydrogens is 414 g/mol. The maximum absolute atomic E-state index is 12.0. The van der Waals surface area contributed by atoms with E-state index in [1.165, 1.54) is 11.2 Å². The molecule has 2 aromatic heterocycles. The minimum atomic E-state index is -0.479. The topological polar surface area (TPSA) is 128 Å². The molecule has 3 aromatic rings. The zero-order valence-corrected chi connectivity index (χ0v) is 17.3. The summed E-state index contributed by atoms with van der Waals surface area (Å²) in [5.74, 6) is 0.447. The summed E-state index contributed by atoms with van der Waals surface area (Å²) in [5.41, 5.74) is 5.79. The molecule has 0 bridgehead atoms. The summed E-state index contributed by atoms with van der Waals surface area (Å²) in [6.45, 7) is -0.171. The fourth-order valence-electron chi connectivity index (χ4n) is 3.29. The summed E-state index contributed by atoms with van der Waals surface area (Å²) in [4.78, 5) is 25.0. The Balaban J connectivity index is 1.46. The molecule has 0 unspecified atom stereocenters. The van der Waals surface area contributed by atoms with E-state index in [2.05, 4.69) is 27.1 Å². The third kappa shape index (κ3) is 4.14. The number of aromatic nitrogens is 4. The Morgan fingerprint density at radius 3 is 2.97 bits per heavy atom. The molecule has 0 amide bonds. The minimum absolute atomic E-state index is 0.0117. The molecule has 9 nitrogen and oxygen atoms in total. The number of H-pyrrole nitrogens is 1. The van der Waals surface area contributed by atoms with Crippen molar-refractivity contribution in [3.63, 3.8) is 0 Å². The van der Waals surface area contributed by atoms with Gasteiger partial charge in [0.1, 0.15) is 12.3 Å². The van der Waals surface area contributed by atoms with Gasteiger partial charge in [-0.3, -0.25) is 14.3 Å². The molecule has 0 saturated carbocycles. The smallest absolute Gasteiger partial charge is 0.280 e. The SMILES string of the molecule is CSc1ccccc1SCO[C@H]1C[C@H](n2cnc3c(=O)[nH]c(N)nc32)O[C@@H]1CO. The van der Waals surface area contributed by atoms with Crippen molar-refractivity contribution in [2.24, 2.45) is 0 Å². The van der Waals surface area contributed by atoms with Gasteiger partial charge in [-0.1, -0.05) is 23.9 Å². The highest BCUT2D eigenvalue weighted by Gasteiger charge is 2.37. The van der Waals surface area contributed by atoms with Crippen molar-refractivity contribution in [3.8, 4) is 0 Å². The van der Waals surface area contributed by atoms with Crippen LogP contribution in [0.3, 0.4) is 0 Å². The second kappa shape index (κ2) is 8.76. The number of anilines is 1. The molecule has 154 valence electrons. The summed E-state index contributed by atoms with van der Waals surface area (Å²) in [6, 6.07) is 8.14. The van der Waals surface area contributed by atoms with Gasteiger partial charge in [0, 0.05) is 16.2 Å². The molecule has 4 rings (SSSR count). The van der Waals surface area contributed by atoms with Crippen molar-refractivity contribution >= 4 is 40.6 Å². The number of aliphatic hydroxyl groups excluding tert-OH is 1. The Morgan fingerprint density at radius 2 is 2.21 bits per heavy atom. The first-order valence-corrected chi connectivity index (χ1v) is 11.2. The van der Waals surface area contributed by atoms with Crippen LogP contribution in [0.1, 0.15) is 12.6 Å². The number of hydrogen-bond donors (Lipinski definition) is 3. The summed E-state index contributed by atoms with van der Waals surface area (Å²) in [6.07, 6.45) is 2.80. The largest absolute Gasteiger partial charge is 0.394 e. The molecule has 11 heteroatoms. The van der Waals surface area contributed by atoms with Crippen LogP contribution >= 0.6 is 23.5 Å². The number of aliphatic hydroxyl groups is 1. The lowest BCUT2D eigenvalue weighted by Gasteiger charge is -2.16. The molecule has 1 aromatic carbocycles. The van der Waals surface area contributed by atoms with Gasteiger partial charge in [-0.05, 0) is 18.4 Å². The monoisotopic (exact) mass is 435 g/mol. The first-order chi connectivity index (χ1) is 14.1. The highest BCUT2D eigenvalue weighted by atomic mass is 32.2. The number of ether oxygens (including phenoxy) is 2. The lowest BCUT2D eigenvalue weighted by atomic mass is 10.2. The molecular formula is C18H21N5O4S2. The van der Waals surface area contributed by atoms with Gasteiger partial charge in [0.2, 0.25) is 5.95 Å². The second-order valence-electron chi connectivity index (χ2n) is 6.44. The van der Waals surface area contributed by atoms with Gasteiger partial charge in [-0.15, -0.1) is 11.8 Å². The number of nitrogens with two attached hydrogens (primary N) is 1. The number of nitrogens with zero attached hydrogens (tertiary/aromatic N) is 3. The van der Waals surface area contributed by atoms with E-state index >= 15 is 0 Å². The van der Waals surface area contributed by atoms with E-state index in [1.54, 1.807) is 28.1 Å². The maximum Gasteiger partial charge on any atom is 0.280 e. The summed E-state index contributed by atoms with van der Waals surface area (Å²) in [5, 5.41) is 9.72. The van der Waals surface area contributed by atoms with Crippen molar-refractivity contribution in [3.05, 3.63) is 40.9 Å². The van der Waals surface area contributed by atoms with Crippen molar-refractivity contribution in [2.45, 2.75) is 34.6 Å². The number of nitrogens with one attached hydrogen (secondary N) is 1. The van der Waals surface area contributed by atoms with Gasteiger partial charge in [-0.25, -0.2) is 4.98 Å². The number of aromatic amines is 1. The fourth-order valence-corrected chi connectivity index (χ4v) is 4.95. The molecule has 4 N–H and O–H groups in total. The van der Waals surface area contributed by atoms with Gasteiger partial charge < -0.3 is 20.3 Å². The molecule has 29 heavy (non-hydrogen) atoms. The van der Waals surface area contributed by atoms with Crippen molar-refractivity contribution in [1.29, 1.82) is 0 Å². The van der Waals surface area contributed by atoms with E-state index in [9.17, 15) is 9.90 Å². The summed E-state index contributed by atoms with van der Waals surface area (Å²) < 4.78 is 13.6. The molecule has 1 aliphatic rings.